The summed E-state index contributed by atoms with van der Waals surface area (Å²) in [4.78, 5) is 8.75. The predicted molar refractivity (Wildman–Crippen MR) is 143 cm³/mol. The van der Waals surface area contributed by atoms with E-state index in [9.17, 15) is 8.42 Å². The highest BCUT2D eigenvalue weighted by Gasteiger charge is 2.32. The first kappa shape index (κ1) is 26.3. The van der Waals surface area contributed by atoms with Crippen LogP contribution in [0.4, 0.5) is 23.1 Å². The molecule has 2 heterocycles. The number of hydrogen-bond donors (Lipinski definition) is 3. The molecule has 8 nitrogen and oxygen atoms in total. The van der Waals surface area contributed by atoms with Gasteiger partial charge in [-0.25, -0.2) is 13.4 Å². The minimum atomic E-state index is -3.62. The average molecular weight is 548 g/mol. The second-order valence-electron chi connectivity index (χ2n) is 9.19. The Morgan fingerprint density at radius 1 is 1.22 bits per heavy atom. The first-order chi connectivity index (χ1) is 17.0. The summed E-state index contributed by atoms with van der Waals surface area (Å²) in [7, 11) is -2.07. The van der Waals surface area contributed by atoms with Gasteiger partial charge in [0, 0.05) is 5.54 Å². The molecule has 0 radical (unpaired) electrons. The molecule has 0 unspecified atom stereocenters. The Kier molecular flexibility index (Phi) is 7.26. The van der Waals surface area contributed by atoms with Crippen LogP contribution in [0.25, 0.3) is 0 Å². The Bertz CT molecular complexity index is 1410. The normalized spacial score (nSPS) is 14.7. The molecule has 0 amide bonds. The van der Waals surface area contributed by atoms with Gasteiger partial charge in [0.05, 0.1) is 35.0 Å². The quantitative estimate of drug-likeness (QED) is 0.359. The van der Waals surface area contributed by atoms with Crippen molar-refractivity contribution in [2.24, 2.45) is 0 Å². The third-order valence-corrected chi connectivity index (χ3v) is 8.78. The molecule has 0 atom stereocenters. The number of halogens is 2. The van der Waals surface area contributed by atoms with Crippen LogP contribution in [0.15, 0.2) is 29.3 Å². The topological polar surface area (TPSA) is 105 Å². The molecule has 1 aliphatic rings. The van der Waals surface area contributed by atoms with E-state index in [4.69, 9.17) is 27.9 Å². The largest absolute Gasteiger partial charge is 0.493 e. The Balaban J connectivity index is 1.71. The van der Waals surface area contributed by atoms with Crippen LogP contribution in [0.2, 0.25) is 10.0 Å². The SMILES string of the molecule is COc1c(Nc2ncc(Cl)c(Nc3ccc#cc3S(=O)(=O)C(C)C)n2)cc2c(c1Cl)C(C)(C)NCC2. The van der Waals surface area contributed by atoms with Crippen LogP contribution in [0.1, 0.15) is 38.8 Å². The molecule has 36 heavy (non-hydrogen) atoms. The van der Waals surface area contributed by atoms with Gasteiger partial charge in [-0.1, -0.05) is 29.3 Å². The number of fused-ring (bicyclic) bond motifs is 1. The summed E-state index contributed by atoms with van der Waals surface area (Å²) in [6.07, 6.45) is 2.23. The maximum atomic E-state index is 12.8. The van der Waals surface area contributed by atoms with Crippen molar-refractivity contribution >= 4 is 56.2 Å². The number of benzene rings is 1. The Morgan fingerprint density at radius 2 is 1.97 bits per heavy atom. The van der Waals surface area contributed by atoms with Crippen LogP contribution in [0, 0.1) is 12.1 Å². The Morgan fingerprint density at radius 3 is 2.67 bits per heavy atom. The summed E-state index contributed by atoms with van der Waals surface area (Å²) in [5, 5.41) is 9.76. The van der Waals surface area contributed by atoms with E-state index >= 15 is 0 Å². The molecule has 0 bridgehead atoms. The minimum absolute atomic E-state index is 0.0106. The van der Waals surface area contributed by atoms with Crippen LogP contribution in [0.5, 0.6) is 5.75 Å². The van der Waals surface area contributed by atoms with Gasteiger partial charge < -0.3 is 20.7 Å². The molecule has 3 N–H and O–H groups in total. The molecule has 0 fully saturated rings. The van der Waals surface area contributed by atoms with E-state index in [1.165, 1.54) is 6.20 Å². The summed E-state index contributed by atoms with van der Waals surface area (Å²) in [5.74, 6) is 0.922. The van der Waals surface area contributed by atoms with E-state index in [0.717, 1.165) is 24.1 Å². The highest BCUT2D eigenvalue weighted by Crippen LogP contribution is 2.44. The van der Waals surface area contributed by atoms with Crippen molar-refractivity contribution < 1.29 is 13.2 Å². The molecular weight excluding hydrogens is 521 g/mol. The number of nitrogens with one attached hydrogen (secondary N) is 3. The van der Waals surface area contributed by atoms with Gasteiger partial charge in [-0.15, -0.1) is 0 Å². The molecule has 0 saturated carbocycles. The van der Waals surface area contributed by atoms with E-state index in [0.29, 0.717) is 16.5 Å². The smallest absolute Gasteiger partial charge is 0.229 e. The van der Waals surface area contributed by atoms with Crippen molar-refractivity contribution in [3.63, 3.8) is 0 Å². The maximum Gasteiger partial charge on any atom is 0.229 e. The molecule has 0 spiro atoms. The minimum Gasteiger partial charge on any atom is -0.493 e. The van der Waals surface area contributed by atoms with Crippen molar-refractivity contribution in [1.82, 2.24) is 15.3 Å². The fraction of sp³-hybridized carbons (Fsp3) is 0.360. The van der Waals surface area contributed by atoms with Crippen LogP contribution in [-0.4, -0.2) is 37.3 Å². The zero-order valence-electron chi connectivity index (χ0n) is 20.6. The summed E-state index contributed by atoms with van der Waals surface area (Å²) < 4.78 is 31.2. The number of rotatable bonds is 7. The van der Waals surface area contributed by atoms with E-state index in [1.807, 2.05) is 6.07 Å². The summed E-state index contributed by atoms with van der Waals surface area (Å²) in [5.41, 5.74) is 2.69. The number of nitrogens with zero attached hydrogens (tertiary/aromatic N) is 2. The third-order valence-electron chi connectivity index (χ3n) is 6.01. The second kappa shape index (κ2) is 9.94. The van der Waals surface area contributed by atoms with Crippen molar-refractivity contribution in [3.8, 4) is 5.75 Å². The van der Waals surface area contributed by atoms with Crippen LogP contribution >= 0.6 is 23.2 Å². The van der Waals surface area contributed by atoms with Gasteiger partial charge in [0.25, 0.3) is 0 Å². The van der Waals surface area contributed by atoms with E-state index < -0.39 is 15.1 Å². The van der Waals surface area contributed by atoms with Crippen LogP contribution in [-0.2, 0) is 21.8 Å². The molecule has 190 valence electrons. The lowest BCUT2D eigenvalue weighted by molar-refractivity contribution is 0.375. The monoisotopic (exact) mass is 547 g/mol. The molecule has 1 aromatic heterocycles. The third kappa shape index (κ3) is 4.91. The van der Waals surface area contributed by atoms with Crippen LogP contribution < -0.4 is 20.7 Å². The molecule has 0 aliphatic carbocycles. The van der Waals surface area contributed by atoms with E-state index in [2.05, 4.69) is 51.9 Å². The van der Waals surface area contributed by atoms with Gasteiger partial charge in [-0.3, -0.25) is 0 Å². The Hall–Kier alpha value is -2.77. The number of sulfone groups is 1. The number of aromatic nitrogens is 2. The van der Waals surface area contributed by atoms with Crippen molar-refractivity contribution in [3.05, 3.63) is 57.7 Å². The predicted octanol–water partition coefficient (Wildman–Crippen LogP) is 5.44. The highest BCUT2D eigenvalue weighted by molar-refractivity contribution is 7.92. The average Bonchev–Trinajstić information content (AvgIpc) is 2.81. The van der Waals surface area contributed by atoms with E-state index in [-0.39, 0.29) is 32.9 Å². The molecule has 2 aromatic carbocycles. The molecule has 3 aromatic rings. The van der Waals surface area contributed by atoms with Crippen molar-refractivity contribution in [1.29, 1.82) is 0 Å². The van der Waals surface area contributed by atoms with Gasteiger partial charge in [-0.05, 0) is 76.1 Å². The summed E-state index contributed by atoms with van der Waals surface area (Å²) in [6.45, 7) is 8.19. The molecule has 4 rings (SSSR count). The van der Waals surface area contributed by atoms with Gasteiger partial charge in [-0.2, -0.15) is 4.98 Å². The molecule has 1 aliphatic heterocycles. The van der Waals surface area contributed by atoms with Gasteiger partial charge in [0.15, 0.2) is 21.4 Å². The maximum absolute atomic E-state index is 12.8. The van der Waals surface area contributed by atoms with Crippen molar-refractivity contribution in [2.75, 3.05) is 24.3 Å². The first-order valence-corrected chi connectivity index (χ1v) is 13.6. The Labute approximate surface area is 221 Å². The van der Waals surface area contributed by atoms with Gasteiger partial charge >= 0.3 is 0 Å². The zero-order valence-corrected chi connectivity index (χ0v) is 22.9. The summed E-state index contributed by atoms with van der Waals surface area (Å²) >= 11 is 13.1. The molecule has 0 saturated heterocycles. The standard InChI is InChI=1S/C25H27Cl2N5O3S/c1-14(2)36(33,34)19-9-7-6-8-17(19)30-23-16(26)13-28-24(32-23)31-18-12-15-10-11-29-25(3,4)20(15)21(27)22(18)35-5/h6,8,12-14,29H,10-11H2,1-5H3,(H2,28,30,31,32). The highest BCUT2D eigenvalue weighted by atomic mass is 35.5. The number of hydrogen-bond acceptors (Lipinski definition) is 8. The zero-order chi connectivity index (χ0) is 26.3. The van der Waals surface area contributed by atoms with E-state index in [1.54, 1.807) is 33.1 Å². The summed E-state index contributed by atoms with van der Waals surface area (Å²) in [6, 6.07) is 10.5. The van der Waals surface area contributed by atoms with Gasteiger partial charge in [0.2, 0.25) is 5.95 Å². The fourth-order valence-electron chi connectivity index (χ4n) is 4.14. The molecular formula is C25H27Cl2N5O3S. The van der Waals surface area contributed by atoms with Gasteiger partial charge in [0.1, 0.15) is 9.92 Å². The lowest BCUT2D eigenvalue weighted by Gasteiger charge is -2.35. The number of ether oxygens (including phenoxy) is 1. The van der Waals surface area contributed by atoms with Crippen LogP contribution in [0.3, 0.4) is 0 Å². The molecule has 11 heteroatoms. The first-order valence-electron chi connectivity index (χ1n) is 11.3. The number of anilines is 4. The van der Waals surface area contributed by atoms with Crippen molar-refractivity contribution in [2.45, 2.75) is 49.8 Å². The lowest BCUT2D eigenvalue weighted by atomic mass is 9.84. The fourth-order valence-corrected chi connectivity index (χ4v) is 5.92. The lowest BCUT2D eigenvalue weighted by Crippen LogP contribution is -2.42. The number of methoxy groups -OCH3 is 1. The second-order valence-corrected chi connectivity index (χ2v) is 12.4.